The molecule has 0 spiro atoms. The first kappa shape index (κ1) is 17.0. The first-order chi connectivity index (χ1) is 13.2. The lowest BCUT2D eigenvalue weighted by molar-refractivity contribution is -0.123. The molecule has 0 unspecified atom stereocenters. The molecule has 4 rings (SSSR count). The zero-order chi connectivity index (χ0) is 18.6. The first-order valence-corrected chi connectivity index (χ1v) is 9.00. The molecule has 6 nitrogen and oxygen atoms in total. The van der Waals surface area contributed by atoms with E-state index in [9.17, 15) is 4.79 Å². The van der Waals surface area contributed by atoms with Gasteiger partial charge in [0, 0.05) is 18.9 Å². The molecular weight excluding hydrogens is 338 g/mol. The van der Waals surface area contributed by atoms with Gasteiger partial charge >= 0.3 is 0 Å². The van der Waals surface area contributed by atoms with Crippen LogP contribution in [0.3, 0.4) is 0 Å². The smallest absolute Gasteiger partial charge is 0.242 e. The SMILES string of the molecule is C[C@@H](C(=O)NCCc1ccc(-n2cccn2)cc1)n1cnc2ccccc21. The van der Waals surface area contributed by atoms with E-state index in [4.69, 9.17) is 0 Å². The number of carbonyl (C=O) groups is 1. The third-order valence-corrected chi connectivity index (χ3v) is 4.70. The Morgan fingerprint density at radius 3 is 2.70 bits per heavy atom. The summed E-state index contributed by atoms with van der Waals surface area (Å²) in [6, 6.07) is 17.6. The number of nitrogens with zero attached hydrogens (tertiary/aromatic N) is 4. The fraction of sp³-hybridized carbons (Fsp3) is 0.190. The lowest BCUT2D eigenvalue weighted by Gasteiger charge is -2.14. The third-order valence-electron chi connectivity index (χ3n) is 4.70. The highest BCUT2D eigenvalue weighted by molar-refractivity contribution is 5.83. The third kappa shape index (κ3) is 3.60. The molecule has 27 heavy (non-hydrogen) atoms. The molecule has 1 N–H and O–H groups in total. The van der Waals surface area contributed by atoms with Crippen molar-refractivity contribution in [3.8, 4) is 5.69 Å². The molecule has 1 amide bonds. The van der Waals surface area contributed by atoms with E-state index in [1.165, 1.54) is 5.56 Å². The Balaban J connectivity index is 1.34. The highest BCUT2D eigenvalue weighted by Gasteiger charge is 2.16. The van der Waals surface area contributed by atoms with Gasteiger partial charge in [0.2, 0.25) is 5.91 Å². The van der Waals surface area contributed by atoms with E-state index >= 15 is 0 Å². The van der Waals surface area contributed by atoms with Gasteiger partial charge in [-0.05, 0) is 49.2 Å². The Bertz CT molecular complexity index is 1030. The quantitative estimate of drug-likeness (QED) is 0.575. The van der Waals surface area contributed by atoms with Gasteiger partial charge in [0.25, 0.3) is 0 Å². The van der Waals surface area contributed by atoms with E-state index in [1.807, 2.05) is 64.8 Å². The number of amides is 1. The molecule has 0 aliphatic heterocycles. The van der Waals surface area contributed by atoms with Gasteiger partial charge in [0.05, 0.1) is 23.0 Å². The van der Waals surface area contributed by atoms with E-state index in [0.29, 0.717) is 6.54 Å². The van der Waals surface area contributed by atoms with Crippen molar-refractivity contribution >= 4 is 16.9 Å². The average Bonchev–Trinajstić information content (AvgIpc) is 3.38. The van der Waals surface area contributed by atoms with Crippen LogP contribution >= 0.6 is 0 Å². The number of rotatable bonds is 6. The Labute approximate surface area is 157 Å². The number of benzene rings is 2. The fourth-order valence-electron chi connectivity index (χ4n) is 3.13. The zero-order valence-electron chi connectivity index (χ0n) is 15.1. The van der Waals surface area contributed by atoms with Gasteiger partial charge in [-0.15, -0.1) is 0 Å². The lowest BCUT2D eigenvalue weighted by Crippen LogP contribution is -2.32. The minimum absolute atomic E-state index is 0.00804. The van der Waals surface area contributed by atoms with Crippen molar-refractivity contribution in [3.05, 3.63) is 78.9 Å². The Morgan fingerprint density at radius 2 is 1.93 bits per heavy atom. The van der Waals surface area contributed by atoms with Crippen LogP contribution in [-0.4, -0.2) is 31.8 Å². The van der Waals surface area contributed by atoms with Crippen LogP contribution in [0.25, 0.3) is 16.7 Å². The number of hydrogen-bond acceptors (Lipinski definition) is 3. The summed E-state index contributed by atoms with van der Waals surface area (Å²) in [5, 5.41) is 7.24. The summed E-state index contributed by atoms with van der Waals surface area (Å²) in [4.78, 5) is 16.9. The lowest BCUT2D eigenvalue weighted by atomic mass is 10.1. The van der Waals surface area contributed by atoms with E-state index in [2.05, 4.69) is 27.5 Å². The summed E-state index contributed by atoms with van der Waals surface area (Å²) in [6.45, 7) is 2.49. The van der Waals surface area contributed by atoms with Crippen molar-refractivity contribution in [3.63, 3.8) is 0 Å². The van der Waals surface area contributed by atoms with Gasteiger partial charge in [0.15, 0.2) is 0 Å². The molecule has 0 saturated carbocycles. The minimum Gasteiger partial charge on any atom is -0.354 e. The van der Waals surface area contributed by atoms with Crippen LogP contribution < -0.4 is 5.32 Å². The van der Waals surface area contributed by atoms with Crippen LogP contribution in [0.4, 0.5) is 0 Å². The number of para-hydroxylation sites is 2. The van der Waals surface area contributed by atoms with E-state index in [0.717, 1.165) is 23.1 Å². The van der Waals surface area contributed by atoms with E-state index < -0.39 is 0 Å². The molecule has 1 atom stereocenters. The topological polar surface area (TPSA) is 64.7 Å². The molecule has 2 aromatic heterocycles. The minimum atomic E-state index is -0.306. The van der Waals surface area contributed by atoms with Gasteiger partial charge in [-0.3, -0.25) is 4.79 Å². The zero-order valence-corrected chi connectivity index (χ0v) is 15.1. The summed E-state index contributed by atoms with van der Waals surface area (Å²) in [5.74, 6) is -0.00804. The first-order valence-electron chi connectivity index (χ1n) is 9.00. The number of nitrogens with one attached hydrogen (secondary N) is 1. The normalized spacial score (nSPS) is 12.2. The molecular formula is C21H21N5O. The summed E-state index contributed by atoms with van der Waals surface area (Å²) < 4.78 is 3.73. The predicted octanol–water partition coefficient (Wildman–Crippen LogP) is 3.14. The summed E-state index contributed by atoms with van der Waals surface area (Å²) in [5.41, 5.74) is 4.06. The van der Waals surface area contributed by atoms with Gasteiger partial charge in [0.1, 0.15) is 6.04 Å². The maximum Gasteiger partial charge on any atom is 0.242 e. The van der Waals surface area contributed by atoms with E-state index in [1.54, 1.807) is 12.5 Å². The van der Waals surface area contributed by atoms with Gasteiger partial charge in [-0.25, -0.2) is 9.67 Å². The van der Waals surface area contributed by atoms with Crippen LogP contribution in [0.5, 0.6) is 0 Å². The molecule has 0 aliphatic carbocycles. The van der Waals surface area contributed by atoms with Crippen LogP contribution in [0.15, 0.2) is 73.3 Å². The van der Waals surface area contributed by atoms with Crippen LogP contribution in [-0.2, 0) is 11.2 Å². The molecule has 6 heteroatoms. The number of hydrogen-bond donors (Lipinski definition) is 1. The van der Waals surface area contributed by atoms with Crippen LogP contribution in [0, 0.1) is 0 Å². The number of fused-ring (bicyclic) bond motifs is 1. The van der Waals surface area contributed by atoms with Gasteiger partial charge in [-0.2, -0.15) is 5.10 Å². The molecule has 0 aliphatic rings. The molecule has 2 aromatic carbocycles. The van der Waals surface area contributed by atoms with E-state index in [-0.39, 0.29) is 11.9 Å². The van der Waals surface area contributed by atoms with Crippen molar-refractivity contribution in [1.82, 2.24) is 24.6 Å². The van der Waals surface area contributed by atoms with Crippen molar-refractivity contribution in [2.75, 3.05) is 6.54 Å². The van der Waals surface area contributed by atoms with Crippen molar-refractivity contribution in [1.29, 1.82) is 0 Å². The Kier molecular flexibility index (Phi) is 4.70. The largest absolute Gasteiger partial charge is 0.354 e. The average molecular weight is 359 g/mol. The van der Waals surface area contributed by atoms with Crippen molar-refractivity contribution < 1.29 is 4.79 Å². The second-order valence-corrected chi connectivity index (χ2v) is 6.47. The summed E-state index contributed by atoms with van der Waals surface area (Å²) >= 11 is 0. The van der Waals surface area contributed by atoms with Gasteiger partial charge in [-0.1, -0.05) is 24.3 Å². The van der Waals surface area contributed by atoms with Crippen molar-refractivity contribution in [2.45, 2.75) is 19.4 Å². The Morgan fingerprint density at radius 1 is 1.11 bits per heavy atom. The second kappa shape index (κ2) is 7.45. The predicted molar refractivity (Wildman–Crippen MR) is 105 cm³/mol. The fourth-order valence-corrected chi connectivity index (χ4v) is 3.13. The summed E-state index contributed by atoms with van der Waals surface area (Å²) in [7, 11) is 0. The highest BCUT2D eigenvalue weighted by Crippen LogP contribution is 2.17. The monoisotopic (exact) mass is 359 g/mol. The number of aromatic nitrogens is 4. The number of carbonyl (C=O) groups excluding carboxylic acids is 1. The number of imidazole rings is 1. The molecule has 0 radical (unpaired) electrons. The molecule has 0 fully saturated rings. The standard InChI is InChI=1S/C21H21N5O/c1-16(25-15-23-19-5-2-3-6-20(19)25)21(27)22-13-11-17-7-9-18(10-8-17)26-14-4-12-24-26/h2-10,12,14-16H,11,13H2,1H3,(H,22,27)/t16-/m0/s1. The molecule has 136 valence electrons. The molecule has 0 saturated heterocycles. The molecule has 0 bridgehead atoms. The highest BCUT2D eigenvalue weighted by atomic mass is 16.2. The van der Waals surface area contributed by atoms with Crippen molar-refractivity contribution in [2.24, 2.45) is 0 Å². The maximum atomic E-state index is 12.5. The summed E-state index contributed by atoms with van der Waals surface area (Å²) in [6.07, 6.45) is 6.18. The molecule has 4 aromatic rings. The molecule has 2 heterocycles. The van der Waals surface area contributed by atoms with Gasteiger partial charge < -0.3 is 9.88 Å². The maximum absolute atomic E-state index is 12.5. The van der Waals surface area contributed by atoms with Crippen LogP contribution in [0.1, 0.15) is 18.5 Å². The van der Waals surface area contributed by atoms with Crippen LogP contribution in [0.2, 0.25) is 0 Å². The second-order valence-electron chi connectivity index (χ2n) is 6.47. The Hall–Kier alpha value is -3.41.